The van der Waals surface area contributed by atoms with E-state index in [9.17, 15) is 0 Å². The summed E-state index contributed by atoms with van der Waals surface area (Å²) in [5, 5.41) is 4.23. The predicted molar refractivity (Wildman–Crippen MR) is 76.6 cm³/mol. The Balaban J connectivity index is 2.06. The van der Waals surface area contributed by atoms with E-state index >= 15 is 0 Å². The van der Waals surface area contributed by atoms with Gasteiger partial charge in [-0.25, -0.2) is 4.98 Å². The lowest BCUT2D eigenvalue weighted by Crippen LogP contribution is -2.14. The molecule has 0 amide bonds. The first-order valence-corrected chi connectivity index (χ1v) is 6.61. The Kier molecular flexibility index (Phi) is 2.94. The molecular weight excluding hydrogens is 258 g/mol. The molecule has 0 aliphatic heterocycles. The first-order valence-electron chi connectivity index (χ1n) is 6.20. The Morgan fingerprint density at radius 1 is 1.42 bits per heavy atom. The van der Waals surface area contributed by atoms with Crippen molar-refractivity contribution in [1.82, 2.24) is 24.3 Å². The van der Waals surface area contributed by atoms with Gasteiger partial charge in [-0.2, -0.15) is 5.10 Å². The molecule has 3 heterocycles. The van der Waals surface area contributed by atoms with Crippen LogP contribution in [0.3, 0.4) is 0 Å². The number of hydrogen-bond donors (Lipinski definition) is 1. The van der Waals surface area contributed by atoms with Crippen molar-refractivity contribution in [2.24, 2.45) is 0 Å². The van der Waals surface area contributed by atoms with Crippen LogP contribution in [0.5, 0.6) is 0 Å². The van der Waals surface area contributed by atoms with E-state index in [0.29, 0.717) is 4.77 Å². The third kappa shape index (κ3) is 2.19. The summed E-state index contributed by atoms with van der Waals surface area (Å²) in [6.07, 6.45) is 3.73. The van der Waals surface area contributed by atoms with Crippen molar-refractivity contribution >= 4 is 23.4 Å². The molecule has 0 radical (unpaired) electrons. The number of aromatic nitrogens is 5. The van der Waals surface area contributed by atoms with Crippen molar-refractivity contribution in [3.63, 3.8) is 0 Å². The highest BCUT2D eigenvalue weighted by Gasteiger charge is 2.13. The number of pyridine rings is 1. The third-order valence-corrected chi connectivity index (χ3v) is 3.45. The van der Waals surface area contributed by atoms with Gasteiger partial charge in [0, 0.05) is 18.1 Å². The van der Waals surface area contributed by atoms with Crippen LogP contribution in [0.2, 0.25) is 0 Å². The van der Waals surface area contributed by atoms with Gasteiger partial charge in [-0.1, -0.05) is 0 Å². The Morgan fingerprint density at radius 3 is 3.00 bits per heavy atom. The quantitative estimate of drug-likeness (QED) is 0.747. The minimum Gasteiger partial charge on any atom is -0.329 e. The number of nitrogens with one attached hydrogen (secondary N) is 1. The molecule has 0 spiro atoms. The minimum absolute atomic E-state index is 0.190. The van der Waals surface area contributed by atoms with Crippen LogP contribution in [0.4, 0.5) is 0 Å². The fourth-order valence-electron chi connectivity index (χ4n) is 2.27. The molecule has 0 bridgehead atoms. The monoisotopic (exact) mass is 273 g/mol. The maximum absolute atomic E-state index is 5.41. The van der Waals surface area contributed by atoms with E-state index in [1.54, 1.807) is 6.20 Å². The molecule has 0 saturated heterocycles. The molecule has 19 heavy (non-hydrogen) atoms. The van der Waals surface area contributed by atoms with E-state index in [-0.39, 0.29) is 6.04 Å². The molecule has 0 fully saturated rings. The van der Waals surface area contributed by atoms with Crippen molar-refractivity contribution in [3.8, 4) is 0 Å². The molecule has 0 saturated carbocycles. The van der Waals surface area contributed by atoms with Gasteiger partial charge in [-0.3, -0.25) is 9.25 Å². The third-order valence-electron chi connectivity index (χ3n) is 3.15. The molecule has 1 atom stereocenters. The molecule has 1 N–H and O–H groups in total. The minimum atomic E-state index is 0.190. The van der Waals surface area contributed by atoms with Crippen LogP contribution in [0.25, 0.3) is 11.2 Å². The second-order valence-electron chi connectivity index (χ2n) is 4.70. The number of rotatable bonds is 3. The molecule has 0 aromatic carbocycles. The standard InChI is InChI=1S/C13H15N5S/c1-9-4-5-11-12(15-9)18(13(19)16-11)10(2)8-17-7-3-6-14-17/h3-7,10H,8H2,1-2H3,(H,16,19). The van der Waals surface area contributed by atoms with Gasteiger partial charge in [0.2, 0.25) is 0 Å². The Bertz CT molecular complexity index is 753. The van der Waals surface area contributed by atoms with E-state index in [0.717, 1.165) is 23.4 Å². The van der Waals surface area contributed by atoms with Crippen LogP contribution in [0.1, 0.15) is 18.7 Å². The van der Waals surface area contributed by atoms with Gasteiger partial charge in [0.25, 0.3) is 0 Å². The largest absolute Gasteiger partial charge is 0.329 e. The highest BCUT2D eigenvalue weighted by atomic mass is 32.1. The maximum Gasteiger partial charge on any atom is 0.179 e. The zero-order valence-corrected chi connectivity index (χ0v) is 11.7. The zero-order valence-electron chi connectivity index (χ0n) is 10.9. The Hall–Kier alpha value is -1.95. The molecule has 0 aliphatic rings. The van der Waals surface area contributed by atoms with Crippen LogP contribution in [-0.4, -0.2) is 24.3 Å². The van der Waals surface area contributed by atoms with Crippen molar-refractivity contribution in [3.05, 3.63) is 41.1 Å². The van der Waals surface area contributed by atoms with Crippen molar-refractivity contribution in [2.45, 2.75) is 26.4 Å². The van der Waals surface area contributed by atoms with Gasteiger partial charge in [-0.05, 0) is 44.3 Å². The average Bonchev–Trinajstić information content (AvgIpc) is 2.95. The summed E-state index contributed by atoms with van der Waals surface area (Å²) in [4.78, 5) is 7.78. The number of hydrogen-bond acceptors (Lipinski definition) is 3. The number of aromatic amines is 1. The molecule has 3 aromatic heterocycles. The SMILES string of the molecule is Cc1ccc2[nH]c(=S)n(C(C)Cn3cccn3)c2n1. The van der Waals surface area contributed by atoms with Gasteiger partial charge >= 0.3 is 0 Å². The van der Waals surface area contributed by atoms with Crippen LogP contribution < -0.4 is 0 Å². The average molecular weight is 273 g/mol. The Morgan fingerprint density at radius 2 is 2.26 bits per heavy atom. The molecule has 5 nitrogen and oxygen atoms in total. The molecule has 98 valence electrons. The van der Waals surface area contributed by atoms with Crippen LogP contribution in [0.15, 0.2) is 30.6 Å². The lowest BCUT2D eigenvalue weighted by atomic mass is 10.3. The number of aryl methyl sites for hydroxylation is 1. The van der Waals surface area contributed by atoms with Gasteiger partial charge < -0.3 is 4.98 Å². The predicted octanol–water partition coefficient (Wildman–Crippen LogP) is 2.86. The van der Waals surface area contributed by atoms with E-state index in [4.69, 9.17) is 12.2 Å². The first-order chi connectivity index (χ1) is 9.15. The first kappa shape index (κ1) is 12.1. The summed E-state index contributed by atoms with van der Waals surface area (Å²) in [6, 6.07) is 6.11. The Labute approximate surface area is 115 Å². The number of nitrogens with zero attached hydrogens (tertiary/aromatic N) is 4. The lowest BCUT2D eigenvalue weighted by molar-refractivity contribution is 0.440. The van der Waals surface area contributed by atoms with Crippen LogP contribution in [-0.2, 0) is 6.54 Å². The molecule has 0 aliphatic carbocycles. The topological polar surface area (TPSA) is 51.4 Å². The normalized spacial score (nSPS) is 12.9. The van der Waals surface area contributed by atoms with E-state index in [2.05, 4.69) is 26.6 Å². The van der Waals surface area contributed by atoms with Crippen molar-refractivity contribution in [2.75, 3.05) is 0 Å². The van der Waals surface area contributed by atoms with E-state index < -0.39 is 0 Å². The smallest absolute Gasteiger partial charge is 0.179 e. The van der Waals surface area contributed by atoms with Crippen molar-refractivity contribution < 1.29 is 0 Å². The van der Waals surface area contributed by atoms with Gasteiger partial charge in [-0.15, -0.1) is 0 Å². The van der Waals surface area contributed by atoms with E-state index in [1.807, 2.05) is 36.0 Å². The molecule has 6 heteroatoms. The zero-order chi connectivity index (χ0) is 13.4. The summed E-state index contributed by atoms with van der Waals surface area (Å²) >= 11 is 5.41. The fraction of sp³-hybridized carbons (Fsp3) is 0.308. The summed E-state index contributed by atoms with van der Waals surface area (Å²) in [5.74, 6) is 0. The summed E-state index contributed by atoms with van der Waals surface area (Å²) < 4.78 is 4.66. The van der Waals surface area contributed by atoms with Crippen LogP contribution >= 0.6 is 12.2 Å². The highest BCUT2D eigenvalue weighted by Crippen LogP contribution is 2.18. The number of H-pyrrole nitrogens is 1. The number of imidazole rings is 1. The molecule has 1 unspecified atom stereocenters. The molecular formula is C13H15N5S. The van der Waals surface area contributed by atoms with Crippen molar-refractivity contribution in [1.29, 1.82) is 0 Å². The lowest BCUT2D eigenvalue weighted by Gasteiger charge is -2.14. The summed E-state index contributed by atoms with van der Waals surface area (Å²) in [5.41, 5.74) is 2.87. The molecule has 3 rings (SSSR count). The summed E-state index contributed by atoms with van der Waals surface area (Å²) in [7, 11) is 0. The van der Waals surface area contributed by atoms with Gasteiger partial charge in [0.05, 0.1) is 18.1 Å². The molecule has 3 aromatic rings. The van der Waals surface area contributed by atoms with E-state index in [1.165, 1.54) is 0 Å². The highest BCUT2D eigenvalue weighted by molar-refractivity contribution is 7.71. The van der Waals surface area contributed by atoms with Crippen LogP contribution in [0, 0.1) is 11.7 Å². The maximum atomic E-state index is 5.41. The van der Waals surface area contributed by atoms with Gasteiger partial charge in [0.15, 0.2) is 10.4 Å². The second kappa shape index (κ2) is 4.62. The number of fused-ring (bicyclic) bond motifs is 1. The second-order valence-corrected chi connectivity index (χ2v) is 5.09. The summed E-state index contributed by atoms with van der Waals surface area (Å²) in [6.45, 7) is 4.87. The fourth-order valence-corrected chi connectivity index (χ4v) is 2.64. The van der Waals surface area contributed by atoms with Gasteiger partial charge in [0.1, 0.15) is 0 Å².